The Morgan fingerprint density at radius 3 is 2.48 bits per heavy atom. The summed E-state index contributed by atoms with van der Waals surface area (Å²) in [4.78, 5) is 13.8. The molecule has 0 bridgehead atoms. The van der Waals surface area contributed by atoms with E-state index in [0.29, 0.717) is 0 Å². The van der Waals surface area contributed by atoms with Gasteiger partial charge in [-0.1, -0.05) is 54.9 Å². The topological polar surface area (TPSA) is 37.3 Å². The quantitative estimate of drug-likeness (QED) is 0.329. The van der Waals surface area contributed by atoms with Gasteiger partial charge in [-0.05, 0) is 58.0 Å². The number of nitrogens with one attached hydrogen (secondary N) is 1. The van der Waals surface area contributed by atoms with Crippen molar-refractivity contribution in [3.05, 3.63) is 70.4 Å². The highest BCUT2D eigenvalue weighted by molar-refractivity contribution is 6.31. The van der Waals surface area contributed by atoms with Crippen LogP contribution in [0.1, 0.15) is 48.7 Å². The molecule has 0 aliphatic rings. The van der Waals surface area contributed by atoms with Gasteiger partial charge in [0.1, 0.15) is 0 Å². The van der Waals surface area contributed by atoms with Crippen LogP contribution in [0, 0.1) is 6.92 Å². The first-order valence-corrected chi connectivity index (χ1v) is 11.5. The minimum absolute atomic E-state index is 0.137. The molecule has 0 spiro atoms. The Morgan fingerprint density at radius 2 is 1.84 bits per heavy atom. The second kappa shape index (κ2) is 12.7. The number of hydrogen-bond donors (Lipinski definition) is 1. The van der Waals surface area contributed by atoms with Gasteiger partial charge < -0.3 is 14.8 Å². The van der Waals surface area contributed by atoms with Crippen LogP contribution in [0.2, 0.25) is 5.02 Å². The molecule has 0 fully saturated rings. The van der Waals surface area contributed by atoms with Crippen molar-refractivity contribution in [2.75, 3.05) is 26.7 Å². The van der Waals surface area contributed by atoms with E-state index < -0.39 is 0 Å². The van der Waals surface area contributed by atoms with E-state index in [9.17, 15) is 4.79 Å². The SMILES string of the molecule is CCCNCCN(C)Cc1ccccc1Cl.CCn1cc(C(C)=O)c2cccc(C)c21. The second-order valence-electron chi connectivity index (χ2n) is 7.94. The monoisotopic (exact) mass is 441 g/mol. The molecule has 1 heterocycles. The van der Waals surface area contributed by atoms with E-state index in [-0.39, 0.29) is 5.78 Å². The van der Waals surface area contributed by atoms with Gasteiger partial charge >= 0.3 is 0 Å². The maximum absolute atomic E-state index is 11.5. The number of carbonyl (C=O) groups excluding carboxylic acids is 1. The Bertz CT molecular complexity index is 980. The highest BCUT2D eigenvalue weighted by atomic mass is 35.5. The minimum Gasteiger partial charge on any atom is -0.347 e. The molecular weight excluding hydrogens is 406 g/mol. The predicted octanol–water partition coefficient (Wildman–Crippen LogP) is 5.94. The molecular formula is C26H36ClN3O. The number of ketones is 1. The molecule has 3 aromatic rings. The van der Waals surface area contributed by atoms with Crippen molar-refractivity contribution in [3.63, 3.8) is 0 Å². The summed E-state index contributed by atoms with van der Waals surface area (Å²) in [5.41, 5.74) is 4.43. The Kier molecular flexibility index (Phi) is 10.3. The molecule has 2 aromatic carbocycles. The van der Waals surface area contributed by atoms with Gasteiger partial charge in [0.15, 0.2) is 5.78 Å². The molecule has 4 nitrogen and oxygen atoms in total. The summed E-state index contributed by atoms with van der Waals surface area (Å²) in [6, 6.07) is 14.1. The fraction of sp³-hybridized carbons (Fsp3) is 0.423. The molecule has 1 N–H and O–H groups in total. The molecule has 168 valence electrons. The molecule has 31 heavy (non-hydrogen) atoms. The number of aromatic nitrogens is 1. The fourth-order valence-corrected chi connectivity index (χ4v) is 3.84. The first-order chi connectivity index (χ1) is 14.9. The van der Waals surface area contributed by atoms with Gasteiger partial charge in [0, 0.05) is 48.3 Å². The summed E-state index contributed by atoms with van der Waals surface area (Å²) in [7, 11) is 2.12. The lowest BCUT2D eigenvalue weighted by atomic mass is 10.1. The summed E-state index contributed by atoms with van der Waals surface area (Å²) in [6.07, 6.45) is 3.15. The molecule has 0 amide bonds. The Balaban J connectivity index is 0.000000220. The summed E-state index contributed by atoms with van der Waals surface area (Å²) in [5, 5.41) is 5.32. The maximum Gasteiger partial charge on any atom is 0.161 e. The standard InChI is InChI=1S/C13H21ClN2.C13H15NO/c1-3-8-15-9-10-16(2)11-12-6-4-5-7-13(12)14;1-4-14-8-12(10(3)15)11-7-5-6-9(2)13(11)14/h4-7,15H,3,8-11H2,1-2H3;5-8H,4H2,1-3H3. The van der Waals surface area contributed by atoms with Crippen molar-refractivity contribution in [2.24, 2.45) is 0 Å². The number of likely N-dealkylation sites (N-methyl/N-ethyl adjacent to an activating group) is 1. The largest absolute Gasteiger partial charge is 0.347 e. The highest BCUT2D eigenvalue weighted by Gasteiger charge is 2.12. The number of fused-ring (bicyclic) bond motifs is 1. The van der Waals surface area contributed by atoms with E-state index in [2.05, 4.69) is 54.7 Å². The summed E-state index contributed by atoms with van der Waals surface area (Å²) < 4.78 is 2.14. The van der Waals surface area contributed by atoms with Crippen molar-refractivity contribution in [3.8, 4) is 0 Å². The number of para-hydroxylation sites is 1. The average molecular weight is 442 g/mol. The molecule has 1 aromatic heterocycles. The summed E-state index contributed by atoms with van der Waals surface area (Å²) in [6.45, 7) is 13.0. The number of aryl methyl sites for hydroxylation is 2. The average Bonchev–Trinajstić information content (AvgIpc) is 3.14. The third-order valence-corrected chi connectivity index (χ3v) is 5.68. The normalized spacial score (nSPS) is 10.9. The number of hydrogen-bond acceptors (Lipinski definition) is 3. The van der Waals surface area contributed by atoms with Crippen LogP contribution in [0.15, 0.2) is 48.7 Å². The second-order valence-corrected chi connectivity index (χ2v) is 8.34. The lowest BCUT2D eigenvalue weighted by molar-refractivity contribution is 0.101. The van der Waals surface area contributed by atoms with Crippen LogP contribution in [0.3, 0.4) is 0 Å². The van der Waals surface area contributed by atoms with Crippen LogP contribution in [0.25, 0.3) is 10.9 Å². The number of halogens is 1. The Hall–Kier alpha value is -2.14. The van der Waals surface area contributed by atoms with Crippen LogP contribution >= 0.6 is 11.6 Å². The lowest BCUT2D eigenvalue weighted by Crippen LogP contribution is -2.29. The molecule has 3 rings (SSSR count). The maximum atomic E-state index is 11.5. The van der Waals surface area contributed by atoms with Crippen molar-refractivity contribution >= 4 is 28.3 Å². The van der Waals surface area contributed by atoms with Gasteiger partial charge in [0.05, 0.1) is 5.52 Å². The first kappa shape index (κ1) is 25.1. The van der Waals surface area contributed by atoms with Crippen molar-refractivity contribution in [1.82, 2.24) is 14.8 Å². The zero-order valence-electron chi connectivity index (χ0n) is 19.5. The van der Waals surface area contributed by atoms with Gasteiger partial charge in [-0.15, -0.1) is 0 Å². The lowest BCUT2D eigenvalue weighted by Gasteiger charge is -2.17. The predicted molar refractivity (Wildman–Crippen MR) is 133 cm³/mol. The zero-order valence-corrected chi connectivity index (χ0v) is 20.3. The van der Waals surface area contributed by atoms with Gasteiger partial charge in [0.2, 0.25) is 0 Å². The van der Waals surface area contributed by atoms with Crippen molar-refractivity contribution in [2.45, 2.75) is 47.2 Å². The molecule has 0 aliphatic carbocycles. The Morgan fingerprint density at radius 1 is 1.10 bits per heavy atom. The number of benzene rings is 2. The molecule has 0 unspecified atom stereocenters. The fourth-order valence-electron chi connectivity index (χ4n) is 3.65. The van der Waals surface area contributed by atoms with E-state index in [4.69, 9.17) is 11.6 Å². The van der Waals surface area contributed by atoms with Gasteiger partial charge in [-0.3, -0.25) is 4.79 Å². The Labute approximate surface area is 192 Å². The molecule has 5 heteroatoms. The van der Waals surface area contributed by atoms with Gasteiger partial charge in [0.25, 0.3) is 0 Å². The van der Waals surface area contributed by atoms with Crippen molar-refractivity contribution < 1.29 is 4.79 Å². The first-order valence-electron chi connectivity index (χ1n) is 11.1. The zero-order chi connectivity index (χ0) is 22.8. The smallest absolute Gasteiger partial charge is 0.161 e. The highest BCUT2D eigenvalue weighted by Crippen LogP contribution is 2.24. The third-order valence-electron chi connectivity index (χ3n) is 5.32. The van der Waals surface area contributed by atoms with Gasteiger partial charge in [-0.25, -0.2) is 0 Å². The molecule has 0 saturated heterocycles. The number of carbonyl (C=O) groups is 1. The van der Waals surface area contributed by atoms with Crippen LogP contribution in [0.5, 0.6) is 0 Å². The molecule has 0 aliphatic heterocycles. The van der Waals surface area contributed by atoms with E-state index >= 15 is 0 Å². The molecule has 0 radical (unpaired) electrons. The van der Waals surface area contributed by atoms with Crippen molar-refractivity contribution in [1.29, 1.82) is 0 Å². The summed E-state index contributed by atoms with van der Waals surface area (Å²) >= 11 is 6.11. The third kappa shape index (κ3) is 7.20. The van der Waals surface area contributed by atoms with E-state index in [1.54, 1.807) is 6.92 Å². The van der Waals surface area contributed by atoms with Crippen LogP contribution < -0.4 is 5.32 Å². The van der Waals surface area contributed by atoms with E-state index in [1.807, 2.05) is 36.5 Å². The number of rotatable bonds is 9. The van der Waals surface area contributed by atoms with Crippen LogP contribution in [-0.4, -0.2) is 41.9 Å². The summed E-state index contributed by atoms with van der Waals surface area (Å²) in [5.74, 6) is 0.137. The van der Waals surface area contributed by atoms with Crippen LogP contribution in [-0.2, 0) is 13.1 Å². The minimum atomic E-state index is 0.137. The molecule has 0 atom stereocenters. The number of nitrogens with zero attached hydrogens (tertiary/aromatic N) is 2. The number of Topliss-reactive ketones (excluding diaryl/α,β-unsaturated/α-hetero) is 1. The van der Waals surface area contributed by atoms with E-state index in [0.717, 1.165) is 48.7 Å². The molecule has 0 saturated carbocycles. The van der Waals surface area contributed by atoms with E-state index in [1.165, 1.54) is 23.1 Å². The van der Waals surface area contributed by atoms with Crippen LogP contribution in [0.4, 0.5) is 0 Å². The van der Waals surface area contributed by atoms with Gasteiger partial charge in [-0.2, -0.15) is 0 Å².